The number of aromatic nitrogens is 1. The molecule has 2 aromatic heterocycles. The van der Waals surface area contributed by atoms with Crippen LogP contribution >= 0.6 is 23.1 Å². The summed E-state index contributed by atoms with van der Waals surface area (Å²) in [6.45, 7) is 0. The minimum atomic E-state index is -4.72. The number of thiophene rings is 1. The van der Waals surface area contributed by atoms with Crippen molar-refractivity contribution in [3.63, 3.8) is 0 Å². The van der Waals surface area contributed by atoms with Crippen LogP contribution in [0.5, 0.6) is 0 Å². The summed E-state index contributed by atoms with van der Waals surface area (Å²) < 4.78 is 52.9. The van der Waals surface area contributed by atoms with Crippen LogP contribution in [0.1, 0.15) is 16.7 Å². The Bertz CT molecular complexity index is 1080. The Morgan fingerprint density at radius 2 is 1.97 bits per heavy atom. The molecule has 0 amide bonds. The summed E-state index contributed by atoms with van der Waals surface area (Å²) in [6, 6.07) is 15.0. The van der Waals surface area contributed by atoms with E-state index in [0.717, 1.165) is 23.4 Å². The Hall–Kier alpha value is -2.19. The second-order valence-corrected chi connectivity index (χ2v) is 9.98. The van der Waals surface area contributed by atoms with E-state index in [1.165, 1.54) is 11.3 Å². The number of nitrogens with zero attached hydrogens (tertiary/aromatic N) is 2. The van der Waals surface area contributed by atoms with E-state index in [4.69, 9.17) is 0 Å². The number of alkyl halides is 3. The quantitative estimate of drug-likeness (QED) is 0.452. The van der Waals surface area contributed by atoms with E-state index in [1.807, 2.05) is 30.3 Å². The van der Waals surface area contributed by atoms with Gasteiger partial charge in [0.15, 0.2) is 0 Å². The number of benzene rings is 1. The van der Waals surface area contributed by atoms with E-state index in [1.54, 1.807) is 23.6 Å². The van der Waals surface area contributed by atoms with E-state index in [-0.39, 0.29) is 28.0 Å². The minimum Gasteiger partial charge on any atom is -0.391 e. The number of halogens is 3. The predicted octanol–water partition coefficient (Wildman–Crippen LogP) is 5.10. The Labute approximate surface area is 188 Å². The third-order valence-corrected chi connectivity index (χ3v) is 7.56. The van der Waals surface area contributed by atoms with Crippen molar-refractivity contribution in [2.75, 3.05) is 11.5 Å². The number of hydrogen-bond acceptors (Lipinski definition) is 6. The van der Waals surface area contributed by atoms with Crippen molar-refractivity contribution in [1.29, 1.82) is 5.26 Å². The van der Waals surface area contributed by atoms with Crippen molar-refractivity contribution in [3.8, 4) is 16.6 Å². The lowest BCUT2D eigenvalue weighted by atomic mass is 10.1. The second kappa shape index (κ2) is 10.4. The van der Waals surface area contributed by atoms with Crippen LogP contribution < -0.4 is 0 Å². The highest BCUT2D eigenvalue weighted by atomic mass is 32.2. The number of nitriles is 1. The average molecular weight is 483 g/mol. The molecule has 3 aromatic rings. The van der Waals surface area contributed by atoms with Gasteiger partial charge in [-0.1, -0.05) is 36.4 Å². The third-order valence-electron chi connectivity index (χ3n) is 4.14. The number of aliphatic hydroxyl groups is 1. The molecular formula is C21H17F3N2O2S3. The van der Waals surface area contributed by atoms with Crippen LogP contribution in [0.2, 0.25) is 0 Å². The lowest BCUT2D eigenvalue weighted by Gasteiger charge is -2.15. The van der Waals surface area contributed by atoms with Gasteiger partial charge < -0.3 is 5.11 Å². The van der Waals surface area contributed by atoms with Crippen molar-refractivity contribution in [3.05, 3.63) is 70.6 Å². The highest BCUT2D eigenvalue weighted by Crippen LogP contribution is 2.38. The molecule has 0 bridgehead atoms. The van der Waals surface area contributed by atoms with Gasteiger partial charge in [0.05, 0.1) is 33.6 Å². The topological polar surface area (TPSA) is 74.0 Å². The first-order valence-corrected chi connectivity index (χ1v) is 12.4. The number of rotatable bonds is 8. The Kier molecular flexibility index (Phi) is 7.89. The maximum Gasteiger partial charge on any atom is 0.417 e. The van der Waals surface area contributed by atoms with Crippen molar-refractivity contribution < 1.29 is 22.5 Å². The maximum atomic E-state index is 13.5. The number of hydrogen-bond donors (Lipinski definition) is 1. The third kappa shape index (κ3) is 6.40. The summed E-state index contributed by atoms with van der Waals surface area (Å²) in [5.41, 5.74) is -0.646. The molecule has 10 heteroatoms. The molecule has 4 nitrogen and oxygen atoms in total. The van der Waals surface area contributed by atoms with Gasteiger partial charge in [0.1, 0.15) is 11.1 Å². The molecular weight excluding hydrogens is 465 g/mol. The second-order valence-electron chi connectivity index (χ2n) is 6.52. The maximum absolute atomic E-state index is 13.5. The van der Waals surface area contributed by atoms with Crippen LogP contribution in [0, 0.1) is 11.3 Å². The van der Waals surface area contributed by atoms with Crippen LogP contribution in [0.3, 0.4) is 0 Å². The molecule has 2 heterocycles. The monoisotopic (exact) mass is 482 g/mol. The van der Waals surface area contributed by atoms with Crippen molar-refractivity contribution >= 4 is 33.9 Å². The molecule has 0 aliphatic carbocycles. The summed E-state index contributed by atoms with van der Waals surface area (Å²) in [7, 11) is -1.34. The van der Waals surface area contributed by atoms with Crippen LogP contribution in [-0.2, 0) is 22.7 Å². The van der Waals surface area contributed by atoms with Crippen molar-refractivity contribution in [1.82, 2.24) is 4.98 Å². The van der Waals surface area contributed by atoms with Crippen LogP contribution in [0.4, 0.5) is 13.2 Å². The highest BCUT2D eigenvalue weighted by molar-refractivity contribution is 7.99. The molecule has 3 rings (SSSR count). The summed E-state index contributed by atoms with van der Waals surface area (Å²) in [5.74, 6) is 0.213. The van der Waals surface area contributed by atoms with E-state index >= 15 is 0 Å². The van der Waals surface area contributed by atoms with Gasteiger partial charge >= 0.3 is 6.18 Å². The van der Waals surface area contributed by atoms with E-state index in [2.05, 4.69) is 4.98 Å². The molecule has 0 aliphatic rings. The first-order valence-electron chi connectivity index (χ1n) is 9.04. The number of aliphatic hydroxyl groups excluding tert-OH is 1. The van der Waals surface area contributed by atoms with Crippen molar-refractivity contribution in [2.45, 2.75) is 23.1 Å². The van der Waals surface area contributed by atoms with E-state index < -0.39 is 34.2 Å². The van der Waals surface area contributed by atoms with Gasteiger partial charge in [-0.15, -0.1) is 23.1 Å². The molecule has 0 aliphatic heterocycles. The van der Waals surface area contributed by atoms with Gasteiger partial charge in [0, 0.05) is 22.3 Å². The molecule has 0 fully saturated rings. The fraction of sp³-hybridized carbons (Fsp3) is 0.238. The van der Waals surface area contributed by atoms with Crippen LogP contribution in [0.25, 0.3) is 10.6 Å². The zero-order valence-corrected chi connectivity index (χ0v) is 18.5. The largest absolute Gasteiger partial charge is 0.417 e. The molecule has 1 aromatic carbocycles. The molecule has 0 saturated heterocycles. The van der Waals surface area contributed by atoms with E-state index in [9.17, 15) is 27.7 Å². The van der Waals surface area contributed by atoms with Gasteiger partial charge in [-0.25, -0.2) is 4.98 Å². The molecule has 0 unspecified atom stereocenters. The predicted molar refractivity (Wildman–Crippen MR) is 117 cm³/mol. The molecule has 0 radical (unpaired) electrons. The summed E-state index contributed by atoms with van der Waals surface area (Å²) in [6.07, 6.45) is -5.74. The fourth-order valence-electron chi connectivity index (χ4n) is 2.77. The number of thioether (sulfide) groups is 1. The fourth-order valence-corrected chi connectivity index (χ4v) is 5.76. The molecule has 0 spiro atoms. The standard InChI is InChI=1S/C21H17F3N2O2S3/c22-21(23,24)17-9-18(19-7-4-8-29-19)26-20(16(17)10-25)30-11-15(27)13-31(28)12-14-5-2-1-3-6-14/h1-9,15,27H,11-13H2/t15-,31+/m1/s1. The van der Waals surface area contributed by atoms with Gasteiger partial charge in [0.2, 0.25) is 0 Å². The van der Waals surface area contributed by atoms with Crippen LogP contribution in [0.15, 0.2) is 58.9 Å². The first kappa shape index (κ1) is 23.5. The Balaban J connectivity index is 1.76. The lowest BCUT2D eigenvalue weighted by Crippen LogP contribution is -2.20. The van der Waals surface area contributed by atoms with Gasteiger partial charge in [-0.2, -0.15) is 18.4 Å². The Morgan fingerprint density at radius 1 is 1.23 bits per heavy atom. The summed E-state index contributed by atoms with van der Waals surface area (Å²) in [4.78, 5) is 4.79. The number of pyridine rings is 1. The normalized spacial score (nSPS) is 13.5. The van der Waals surface area contributed by atoms with Crippen LogP contribution in [-0.4, -0.2) is 31.9 Å². The van der Waals surface area contributed by atoms with Gasteiger partial charge in [-0.3, -0.25) is 4.21 Å². The first-order chi connectivity index (χ1) is 14.8. The highest BCUT2D eigenvalue weighted by Gasteiger charge is 2.36. The summed E-state index contributed by atoms with van der Waals surface area (Å²) >= 11 is 2.10. The Morgan fingerprint density at radius 3 is 2.58 bits per heavy atom. The summed E-state index contributed by atoms with van der Waals surface area (Å²) in [5, 5.41) is 21.2. The SMILES string of the molecule is N#Cc1c(C(F)(F)F)cc(-c2cccs2)nc1SC[C@@H](O)C[S@@](=O)Cc1ccccc1. The van der Waals surface area contributed by atoms with Crippen molar-refractivity contribution in [2.24, 2.45) is 0 Å². The van der Waals surface area contributed by atoms with E-state index in [0.29, 0.717) is 4.88 Å². The zero-order chi connectivity index (χ0) is 22.4. The minimum absolute atomic E-state index is 0.0273. The lowest BCUT2D eigenvalue weighted by molar-refractivity contribution is -0.138. The smallest absolute Gasteiger partial charge is 0.391 e. The molecule has 31 heavy (non-hydrogen) atoms. The molecule has 0 saturated carbocycles. The van der Waals surface area contributed by atoms with Gasteiger partial charge in [0.25, 0.3) is 0 Å². The zero-order valence-electron chi connectivity index (χ0n) is 16.0. The van der Waals surface area contributed by atoms with Gasteiger partial charge in [-0.05, 0) is 23.1 Å². The molecule has 162 valence electrons. The molecule has 1 N–H and O–H groups in total. The average Bonchev–Trinajstić information content (AvgIpc) is 3.26. The molecule has 2 atom stereocenters.